The van der Waals surface area contributed by atoms with E-state index in [9.17, 15) is 4.79 Å². The first kappa shape index (κ1) is 14.8. The Hall–Kier alpha value is -1.26. The number of hydrogen-bond acceptors (Lipinski definition) is 3. The van der Waals surface area contributed by atoms with E-state index in [1.54, 1.807) is 7.11 Å². The average Bonchev–Trinajstić information content (AvgIpc) is 2.40. The Morgan fingerprint density at radius 3 is 2.67 bits per heavy atom. The topological polar surface area (TPSA) is 50.4 Å². The fraction of sp³-hybridized carbons (Fsp3) is 0.462. The number of piperidine rings is 1. The number of anilines is 1. The van der Waals surface area contributed by atoms with Crippen LogP contribution in [-0.4, -0.2) is 26.1 Å². The Labute approximate surface area is 114 Å². The highest BCUT2D eigenvalue weighted by Crippen LogP contribution is 2.17. The van der Waals surface area contributed by atoms with E-state index >= 15 is 0 Å². The summed E-state index contributed by atoms with van der Waals surface area (Å²) in [5.41, 5.74) is 0.821. The van der Waals surface area contributed by atoms with Gasteiger partial charge in [0.1, 0.15) is 5.75 Å². The number of nitrogens with one attached hydrogen (secondary N) is 2. The zero-order valence-corrected chi connectivity index (χ0v) is 11.3. The maximum atomic E-state index is 11.9. The molecule has 0 aliphatic carbocycles. The molecule has 18 heavy (non-hydrogen) atoms. The molecule has 0 radical (unpaired) electrons. The van der Waals surface area contributed by atoms with E-state index in [2.05, 4.69) is 10.6 Å². The molecule has 0 spiro atoms. The highest BCUT2D eigenvalue weighted by molar-refractivity contribution is 5.92. The van der Waals surface area contributed by atoms with Gasteiger partial charge in [-0.15, -0.1) is 12.4 Å². The fourth-order valence-corrected chi connectivity index (χ4v) is 1.99. The highest BCUT2D eigenvalue weighted by Gasteiger charge is 2.20. The number of carbonyl (C=O) groups is 1. The number of hydrogen-bond donors (Lipinski definition) is 2. The van der Waals surface area contributed by atoms with E-state index in [1.165, 1.54) is 0 Å². The fourth-order valence-electron chi connectivity index (χ4n) is 1.99. The van der Waals surface area contributed by atoms with E-state index < -0.39 is 0 Å². The summed E-state index contributed by atoms with van der Waals surface area (Å²) >= 11 is 0. The zero-order valence-electron chi connectivity index (χ0n) is 10.4. The molecule has 2 N–H and O–H groups in total. The number of benzene rings is 1. The molecule has 0 bridgehead atoms. The van der Waals surface area contributed by atoms with Gasteiger partial charge < -0.3 is 15.4 Å². The summed E-state index contributed by atoms with van der Waals surface area (Å²) in [4.78, 5) is 11.9. The number of carbonyl (C=O) groups excluding carboxylic acids is 1. The van der Waals surface area contributed by atoms with Crippen LogP contribution in [-0.2, 0) is 4.79 Å². The highest BCUT2D eigenvalue weighted by atomic mass is 35.5. The molecule has 5 heteroatoms. The van der Waals surface area contributed by atoms with Crippen LogP contribution in [0.5, 0.6) is 5.75 Å². The van der Waals surface area contributed by atoms with Crippen molar-refractivity contribution >= 4 is 24.0 Å². The third kappa shape index (κ3) is 3.89. The lowest BCUT2D eigenvalue weighted by Crippen LogP contribution is -2.37. The second-order valence-corrected chi connectivity index (χ2v) is 4.26. The second kappa shape index (κ2) is 7.24. The van der Waals surface area contributed by atoms with Crippen LogP contribution >= 0.6 is 12.4 Å². The van der Waals surface area contributed by atoms with Gasteiger partial charge in [0.15, 0.2) is 0 Å². The molecule has 1 aliphatic rings. The number of ether oxygens (including phenoxy) is 1. The van der Waals surface area contributed by atoms with E-state index in [-0.39, 0.29) is 24.2 Å². The molecule has 0 aromatic heterocycles. The standard InChI is InChI=1S/C13H18N2O2.ClH/c1-17-12-6-4-11(5-7-12)15-13(16)10-3-2-8-14-9-10;/h4-7,10,14H,2-3,8-9H2,1H3,(H,15,16);1H/t10-;/m1./s1. The minimum absolute atomic E-state index is 0. The van der Waals surface area contributed by atoms with Crippen molar-refractivity contribution in [2.24, 2.45) is 5.92 Å². The van der Waals surface area contributed by atoms with Crippen molar-refractivity contribution in [1.82, 2.24) is 5.32 Å². The third-order valence-corrected chi connectivity index (χ3v) is 3.03. The summed E-state index contributed by atoms with van der Waals surface area (Å²) in [6, 6.07) is 7.39. The van der Waals surface area contributed by atoms with Gasteiger partial charge in [0.05, 0.1) is 13.0 Å². The largest absolute Gasteiger partial charge is 0.497 e. The van der Waals surface area contributed by atoms with Gasteiger partial charge >= 0.3 is 0 Å². The van der Waals surface area contributed by atoms with Gasteiger partial charge in [-0.3, -0.25) is 4.79 Å². The maximum absolute atomic E-state index is 11.9. The molecular formula is C13H19ClN2O2. The molecule has 1 amide bonds. The van der Waals surface area contributed by atoms with Crippen molar-refractivity contribution in [3.05, 3.63) is 24.3 Å². The van der Waals surface area contributed by atoms with Crippen LogP contribution in [0.15, 0.2) is 24.3 Å². The van der Waals surface area contributed by atoms with Crippen molar-refractivity contribution in [2.45, 2.75) is 12.8 Å². The van der Waals surface area contributed by atoms with Crippen LogP contribution in [0.1, 0.15) is 12.8 Å². The minimum atomic E-state index is 0. The molecule has 1 heterocycles. The lowest BCUT2D eigenvalue weighted by molar-refractivity contribution is -0.120. The van der Waals surface area contributed by atoms with Gasteiger partial charge in [-0.1, -0.05) is 0 Å². The maximum Gasteiger partial charge on any atom is 0.228 e. The van der Waals surface area contributed by atoms with Crippen molar-refractivity contribution in [1.29, 1.82) is 0 Å². The number of methoxy groups -OCH3 is 1. The summed E-state index contributed by atoms with van der Waals surface area (Å²) in [7, 11) is 1.63. The lowest BCUT2D eigenvalue weighted by Gasteiger charge is -2.21. The number of halogens is 1. The minimum Gasteiger partial charge on any atom is -0.497 e. The average molecular weight is 271 g/mol. The second-order valence-electron chi connectivity index (χ2n) is 4.26. The van der Waals surface area contributed by atoms with E-state index in [0.29, 0.717) is 0 Å². The first-order valence-electron chi connectivity index (χ1n) is 5.95. The van der Waals surface area contributed by atoms with Gasteiger partial charge in [0.2, 0.25) is 5.91 Å². The third-order valence-electron chi connectivity index (χ3n) is 3.03. The SMILES string of the molecule is COc1ccc(NC(=O)[C@@H]2CCCNC2)cc1.Cl. The van der Waals surface area contributed by atoms with Crippen LogP contribution < -0.4 is 15.4 Å². The zero-order chi connectivity index (χ0) is 12.1. The normalized spacial score (nSPS) is 18.6. The molecule has 0 unspecified atom stereocenters. The summed E-state index contributed by atoms with van der Waals surface area (Å²) in [6.07, 6.45) is 2.04. The summed E-state index contributed by atoms with van der Waals surface area (Å²) in [5, 5.41) is 6.17. The van der Waals surface area contributed by atoms with Crippen molar-refractivity contribution < 1.29 is 9.53 Å². The van der Waals surface area contributed by atoms with Crippen LogP contribution in [0.25, 0.3) is 0 Å². The van der Waals surface area contributed by atoms with Crippen LogP contribution in [0.4, 0.5) is 5.69 Å². The molecule has 1 aliphatic heterocycles. The molecule has 1 aromatic rings. The first-order chi connectivity index (χ1) is 8.29. The Morgan fingerprint density at radius 1 is 1.39 bits per heavy atom. The van der Waals surface area contributed by atoms with Crippen LogP contribution in [0.3, 0.4) is 0 Å². The predicted octanol–water partition coefficient (Wildman–Crippen LogP) is 2.06. The molecule has 1 aromatic carbocycles. The lowest BCUT2D eigenvalue weighted by atomic mass is 9.99. The van der Waals surface area contributed by atoms with E-state index in [1.807, 2.05) is 24.3 Å². The molecular weight excluding hydrogens is 252 g/mol. The molecule has 1 atom stereocenters. The van der Waals surface area contributed by atoms with Crippen LogP contribution in [0.2, 0.25) is 0 Å². The van der Waals surface area contributed by atoms with Gasteiger partial charge in [0.25, 0.3) is 0 Å². The Morgan fingerprint density at radius 2 is 2.11 bits per heavy atom. The monoisotopic (exact) mass is 270 g/mol. The van der Waals surface area contributed by atoms with Gasteiger partial charge in [-0.2, -0.15) is 0 Å². The van der Waals surface area contributed by atoms with Crippen molar-refractivity contribution in [3.8, 4) is 5.75 Å². The summed E-state index contributed by atoms with van der Waals surface area (Å²) in [5.74, 6) is 0.982. The molecule has 0 saturated carbocycles. The van der Waals surface area contributed by atoms with Crippen molar-refractivity contribution in [3.63, 3.8) is 0 Å². The Balaban J connectivity index is 0.00000162. The molecule has 1 saturated heterocycles. The van der Waals surface area contributed by atoms with Crippen LogP contribution in [0, 0.1) is 5.92 Å². The van der Waals surface area contributed by atoms with Gasteiger partial charge in [-0.05, 0) is 43.7 Å². The first-order valence-corrected chi connectivity index (χ1v) is 5.95. The Kier molecular flexibility index (Phi) is 5.95. The predicted molar refractivity (Wildman–Crippen MR) is 74.5 cm³/mol. The van der Waals surface area contributed by atoms with Crippen molar-refractivity contribution in [2.75, 3.05) is 25.5 Å². The van der Waals surface area contributed by atoms with E-state index in [4.69, 9.17) is 4.74 Å². The van der Waals surface area contributed by atoms with Gasteiger partial charge in [-0.25, -0.2) is 0 Å². The molecule has 100 valence electrons. The molecule has 2 rings (SSSR count). The number of amides is 1. The number of rotatable bonds is 3. The smallest absolute Gasteiger partial charge is 0.228 e. The Bertz CT molecular complexity index is 375. The summed E-state index contributed by atoms with van der Waals surface area (Å²) in [6.45, 7) is 1.80. The molecule has 4 nitrogen and oxygen atoms in total. The van der Waals surface area contributed by atoms with Gasteiger partial charge in [0, 0.05) is 12.2 Å². The summed E-state index contributed by atoms with van der Waals surface area (Å²) < 4.78 is 5.07. The molecule has 1 fully saturated rings. The quantitative estimate of drug-likeness (QED) is 0.884. The van der Waals surface area contributed by atoms with E-state index in [0.717, 1.165) is 37.4 Å².